The molecule has 0 radical (unpaired) electrons. The fourth-order valence-corrected chi connectivity index (χ4v) is 3.42. The summed E-state index contributed by atoms with van der Waals surface area (Å²) in [5.41, 5.74) is 3.43. The molecule has 3 rings (SSSR count). The van der Waals surface area contributed by atoms with Crippen molar-refractivity contribution in [2.75, 3.05) is 19.7 Å². The van der Waals surface area contributed by atoms with Crippen molar-refractivity contribution >= 4 is 11.0 Å². The van der Waals surface area contributed by atoms with Gasteiger partial charge in [-0.3, -0.25) is 4.90 Å². The SMILES string of the molecule is Cc1cc(C)c2oc(=O)cc(CN3C[C@@H](CO)O[C@H](C)C3)c2c1. The topological polar surface area (TPSA) is 62.9 Å². The minimum atomic E-state index is -0.320. The Morgan fingerprint density at radius 1 is 1.26 bits per heavy atom. The fraction of sp³-hybridized carbons (Fsp3) is 0.500. The van der Waals surface area contributed by atoms with E-state index in [-0.39, 0.29) is 24.4 Å². The zero-order valence-corrected chi connectivity index (χ0v) is 13.8. The van der Waals surface area contributed by atoms with Crippen molar-refractivity contribution in [3.8, 4) is 0 Å². The Bertz CT molecular complexity index is 767. The van der Waals surface area contributed by atoms with Crippen LogP contribution in [0.3, 0.4) is 0 Å². The highest BCUT2D eigenvalue weighted by atomic mass is 16.5. The van der Waals surface area contributed by atoms with Crippen molar-refractivity contribution in [1.29, 1.82) is 0 Å². The van der Waals surface area contributed by atoms with E-state index in [0.717, 1.165) is 28.6 Å². The third-order valence-corrected chi connectivity index (χ3v) is 4.26. The largest absolute Gasteiger partial charge is 0.422 e. The first-order valence-corrected chi connectivity index (χ1v) is 7.99. The van der Waals surface area contributed by atoms with Crippen LogP contribution in [0.2, 0.25) is 0 Å². The number of hydrogen-bond acceptors (Lipinski definition) is 5. The minimum Gasteiger partial charge on any atom is -0.422 e. The molecule has 2 aromatic rings. The van der Waals surface area contributed by atoms with Gasteiger partial charge in [-0.25, -0.2) is 4.79 Å². The van der Waals surface area contributed by atoms with Gasteiger partial charge in [-0.2, -0.15) is 0 Å². The Labute approximate surface area is 135 Å². The molecule has 0 saturated carbocycles. The Balaban J connectivity index is 1.98. The number of nitrogens with zero attached hydrogens (tertiary/aromatic N) is 1. The zero-order chi connectivity index (χ0) is 16.6. The third-order valence-electron chi connectivity index (χ3n) is 4.26. The Morgan fingerprint density at radius 3 is 2.78 bits per heavy atom. The molecule has 5 heteroatoms. The summed E-state index contributed by atoms with van der Waals surface area (Å²) in [7, 11) is 0. The molecule has 1 N–H and O–H groups in total. The molecule has 0 bridgehead atoms. The van der Waals surface area contributed by atoms with Crippen LogP contribution >= 0.6 is 0 Å². The normalized spacial score (nSPS) is 22.6. The molecular formula is C18H23NO4. The van der Waals surface area contributed by atoms with Gasteiger partial charge in [0.25, 0.3) is 0 Å². The summed E-state index contributed by atoms with van der Waals surface area (Å²) < 4.78 is 11.1. The lowest BCUT2D eigenvalue weighted by Crippen LogP contribution is -2.47. The van der Waals surface area contributed by atoms with E-state index in [2.05, 4.69) is 11.0 Å². The van der Waals surface area contributed by atoms with Gasteiger partial charge >= 0.3 is 5.63 Å². The van der Waals surface area contributed by atoms with Gasteiger partial charge in [0.15, 0.2) is 0 Å². The molecule has 1 aromatic heterocycles. The molecule has 1 aliphatic rings. The number of fused-ring (bicyclic) bond motifs is 1. The van der Waals surface area contributed by atoms with Crippen molar-refractivity contribution in [2.45, 2.75) is 39.5 Å². The van der Waals surface area contributed by atoms with E-state index in [1.807, 2.05) is 26.8 Å². The summed E-state index contributed by atoms with van der Waals surface area (Å²) in [6, 6.07) is 5.66. The van der Waals surface area contributed by atoms with E-state index in [9.17, 15) is 9.90 Å². The average molecular weight is 317 g/mol. The van der Waals surface area contributed by atoms with Gasteiger partial charge in [0, 0.05) is 31.1 Å². The lowest BCUT2D eigenvalue weighted by molar-refractivity contribution is -0.0971. The molecule has 124 valence electrons. The van der Waals surface area contributed by atoms with Crippen LogP contribution < -0.4 is 5.63 Å². The highest BCUT2D eigenvalue weighted by Gasteiger charge is 2.25. The highest BCUT2D eigenvalue weighted by Crippen LogP contribution is 2.24. The number of benzene rings is 1. The fourth-order valence-electron chi connectivity index (χ4n) is 3.42. The number of aryl methyl sites for hydroxylation is 2. The first-order chi connectivity index (χ1) is 11.0. The molecular weight excluding hydrogens is 294 g/mol. The molecule has 2 atom stereocenters. The van der Waals surface area contributed by atoms with E-state index in [4.69, 9.17) is 9.15 Å². The van der Waals surface area contributed by atoms with E-state index in [1.54, 1.807) is 6.07 Å². The average Bonchev–Trinajstić information content (AvgIpc) is 2.48. The predicted molar refractivity (Wildman–Crippen MR) is 88.7 cm³/mol. The van der Waals surface area contributed by atoms with Gasteiger partial charge < -0.3 is 14.3 Å². The second-order valence-electron chi connectivity index (χ2n) is 6.49. The lowest BCUT2D eigenvalue weighted by atomic mass is 10.0. The van der Waals surface area contributed by atoms with Crippen molar-refractivity contribution in [3.05, 3.63) is 45.3 Å². The quantitative estimate of drug-likeness (QED) is 0.877. The summed E-state index contributed by atoms with van der Waals surface area (Å²) in [4.78, 5) is 14.1. The second kappa shape index (κ2) is 6.43. The summed E-state index contributed by atoms with van der Waals surface area (Å²) in [5.74, 6) is 0. The first-order valence-electron chi connectivity index (χ1n) is 7.99. The Kier molecular flexibility index (Phi) is 4.53. The number of morpholine rings is 1. The van der Waals surface area contributed by atoms with Crippen molar-refractivity contribution < 1.29 is 14.3 Å². The molecule has 0 amide bonds. The molecule has 0 unspecified atom stereocenters. The van der Waals surface area contributed by atoms with Crippen LogP contribution in [0.25, 0.3) is 11.0 Å². The number of aliphatic hydroxyl groups excluding tert-OH is 1. The van der Waals surface area contributed by atoms with Crippen LogP contribution in [0.5, 0.6) is 0 Å². The Hall–Kier alpha value is -1.69. The molecule has 2 heterocycles. The monoisotopic (exact) mass is 317 g/mol. The smallest absolute Gasteiger partial charge is 0.336 e. The molecule has 23 heavy (non-hydrogen) atoms. The van der Waals surface area contributed by atoms with Crippen LogP contribution in [0.15, 0.2) is 27.4 Å². The van der Waals surface area contributed by atoms with E-state index in [0.29, 0.717) is 18.7 Å². The maximum absolute atomic E-state index is 11.9. The second-order valence-corrected chi connectivity index (χ2v) is 6.49. The maximum atomic E-state index is 11.9. The number of rotatable bonds is 3. The van der Waals surface area contributed by atoms with E-state index in [1.165, 1.54) is 0 Å². The molecule has 5 nitrogen and oxygen atoms in total. The molecule has 0 spiro atoms. The van der Waals surface area contributed by atoms with Crippen LogP contribution in [0, 0.1) is 13.8 Å². The van der Waals surface area contributed by atoms with Gasteiger partial charge in [-0.05, 0) is 43.5 Å². The van der Waals surface area contributed by atoms with Gasteiger partial charge in [0.05, 0.1) is 18.8 Å². The van der Waals surface area contributed by atoms with Crippen molar-refractivity contribution in [3.63, 3.8) is 0 Å². The molecule has 0 aliphatic carbocycles. The molecule has 1 fully saturated rings. The van der Waals surface area contributed by atoms with Gasteiger partial charge in [0.2, 0.25) is 0 Å². The minimum absolute atomic E-state index is 0.0106. The molecule has 1 aromatic carbocycles. The van der Waals surface area contributed by atoms with Crippen molar-refractivity contribution in [2.24, 2.45) is 0 Å². The summed E-state index contributed by atoms with van der Waals surface area (Å²) >= 11 is 0. The van der Waals surface area contributed by atoms with Crippen molar-refractivity contribution in [1.82, 2.24) is 4.90 Å². The van der Waals surface area contributed by atoms with Crippen LogP contribution in [0.4, 0.5) is 0 Å². The summed E-state index contributed by atoms with van der Waals surface area (Å²) in [6.07, 6.45) is -0.107. The number of ether oxygens (including phenoxy) is 1. The number of aliphatic hydroxyl groups is 1. The van der Waals surface area contributed by atoms with E-state index < -0.39 is 0 Å². The Morgan fingerprint density at radius 2 is 2.04 bits per heavy atom. The van der Waals surface area contributed by atoms with Crippen LogP contribution in [0.1, 0.15) is 23.6 Å². The van der Waals surface area contributed by atoms with Gasteiger partial charge in [-0.15, -0.1) is 0 Å². The summed E-state index contributed by atoms with van der Waals surface area (Å²) in [6.45, 7) is 8.10. The maximum Gasteiger partial charge on any atom is 0.336 e. The predicted octanol–water partition coefficient (Wildman–Crippen LogP) is 1.99. The summed E-state index contributed by atoms with van der Waals surface area (Å²) in [5, 5.41) is 10.4. The lowest BCUT2D eigenvalue weighted by Gasteiger charge is -2.36. The first kappa shape index (κ1) is 16.2. The highest BCUT2D eigenvalue weighted by molar-refractivity contribution is 5.83. The third kappa shape index (κ3) is 3.47. The van der Waals surface area contributed by atoms with Gasteiger partial charge in [0.1, 0.15) is 5.58 Å². The van der Waals surface area contributed by atoms with Gasteiger partial charge in [-0.1, -0.05) is 6.07 Å². The van der Waals surface area contributed by atoms with Crippen LogP contribution in [-0.4, -0.2) is 41.9 Å². The zero-order valence-electron chi connectivity index (χ0n) is 13.8. The van der Waals surface area contributed by atoms with Crippen LogP contribution in [-0.2, 0) is 11.3 Å². The van der Waals surface area contributed by atoms with E-state index >= 15 is 0 Å². The molecule has 1 aliphatic heterocycles. The standard InChI is InChI=1S/C18H23NO4/c1-11-4-12(2)18-16(5-11)14(6-17(21)23-18)8-19-7-13(3)22-15(9-19)10-20/h4-6,13,15,20H,7-10H2,1-3H3/t13-,15+/m1/s1. The molecule has 1 saturated heterocycles. The number of hydrogen-bond donors (Lipinski definition) is 1.